The van der Waals surface area contributed by atoms with Gasteiger partial charge in [-0.2, -0.15) is 0 Å². The molecule has 1 aliphatic rings. The van der Waals surface area contributed by atoms with Crippen LogP contribution < -0.4 is 4.90 Å². The number of benzene rings is 2. The molecule has 1 heterocycles. The predicted octanol–water partition coefficient (Wildman–Crippen LogP) is 3.85. The maximum absolute atomic E-state index is 12.0. The molecule has 0 N–H and O–H groups in total. The Morgan fingerprint density at radius 2 is 2.12 bits per heavy atom. The van der Waals surface area contributed by atoms with Gasteiger partial charge in [-0.05, 0) is 28.1 Å². The highest BCUT2D eigenvalue weighted by Crippen LogP contribution is 2.44. The highest BCUT2D eigenvalue weighted by molar-refractivity contribution is 9.10. The van der Waals surface area contributed by atoms with Gasteiger partial charge in [-0.3, -0.25) is 4.79 Å². The molecule has 2 aromatic carbocycles. The van der Waals surface area contributed by atoms with Crippen molar-refractivity contribution in [1.82, 2.24) is 0 Å². The summed E-state index contributed by atoms with van der Waals surface area (Å²) in [5, 5.41) is 2.53. The SMILES string of the molecule is CN1C(=O)c2cccc3c(Cl)cc(Br)c1c23. The Morgan fingerprint density at radius 1 is 1.38 bits per heavy atom. The Morgan fingerprint density at radius 3 is 2.88 bits per heavy atom. The van der Waals surface area contributed by atoms with E-state index in [4.69, 9.17) is 11.6 Å². The number of hydrogen-bond donors (Lipinski definition) is 0. The van der Waals surface area contributed by atoms with Crippen molar-refractivity contribution in [3.63, 3.8) is 0 Å². The van der Waals surface area contributed by atoms with Crippen LogP contribution in [0.4, 0.5) is 5.69 Å². The summed E-state index contributed by atoms with van der Waals surface area (Å²) in [7, 11) is 1.77. The lowest BCUT2D eigenvalue weighted by Crippen LogP contribution is -2.20. The lowest BCUT2D eigenvalue weighted by Gasteiger charge is -2.12. The Kier molecular flexibility index (Phi) is 2.03. The van der Waals surface area contributed by atoms with E-state index >= 15 is 0 Å². The number of carbonyl (C=O) groups excluding carboxylic acids is 1. The van der Waals surface area contributed by atoms with Crippen LogP contribution in [-0.4, -0.2) is 13.0 Å². The van der Waals surface area contributed by atoms with E-state index in [2.05, 4.69) is 15.9 Å². The van der Waals surface area contributed by atoms with Gasteiger partial charge in [-0.15, -0.1) is 0 Å². The lowest BCUT2D eigenvalue weighted by atomic mass is 10.1. The van der Waals surface area contributed by atoms with E-state index < -0.39 is 0 Å². The lowest BCUT2D eigenvalue weighted by molar-refractivity contribution is 0.0999. The number of halogens is 2. The first-order valence-corrected chi connectivity index (χ1v) is 5.97. The minimum Gasteiger partial charge on any atom is -0.310 e. The van der Waals surface area contributed by atoms with Crippen LogP contribution in [0.5, 0.6) is 0 Å². The number of carbonyl (C=O) groups is 1. The standard InChI is InChI=1S/C12H7BrClNO/c1-15-11-8(13)5-9(14)6-3-2-4-7(10(6)11)12(15)16/h2-5H,1H3. The molecular formula is C12H7BrClNO. The van der Waals surface area contributed by atoms with Crippen molar-refractivity contribution in [1.29, 1.82) is 0 Å². The molecule has 0 saturated carbocycles. The number of hydrogen-bond acceptors (Lipinski definition) is 1. The van der Waals surface area contributed by atoms with Gasteiger partial charge >= 0.3 is 0 Å². The van der Waals surface area contributed by atoms with Crippen molar-refractivity contribution in [2.75, 3.05) is 11.9 Å². The predicted molar refractivity (Wildman–Crippen MR) is 69.4 cm³/mol. The van der Waals surface area contributed by atoms with Crippen LogP contribution in [-0.2, 0) is 0 Å². The van der Waals surface area contributed by atoms with Crippen molar-refractivity contribution in [3.05, 3.63) is 39.3 Å². The minimum atomic E-state index is 0.0172. The van der Waals surface area contributed by atoms with Gasteiger partial charge in [0.05, 0.1) is 5.69 Å². The van der Waals surface area contributed by atoms with Gasteiger partial charge in [0.15, 0.2) is 0 Å². The first kappa shape index (κ1) is 10.1. The zero-order valence-corrected chi connectivity index (χ0v) is 10.8. The highest BCUT2D eigenvalue weighted by atomic mass is 79.9. The van der Waals surface area contributed by atoms with Crippen LogP contribution in [0.15, 0.2) is 28.7 Å². The molecule has 2 aromatic rings. The van der Waals surface area contributed by atoms with Crippen LogP contribution >= 0.6 is 27.5 Å². The van der Waals surface area contributed by atoms with Gasteiger partial charge < -0.3 is 4.90 Å². The van der Waals surface area contributed by atoms with Gasteiger partial charge in [-0.25, -0.2) is 0 Å². The van der Waals surface area contributed by atoms with E-state index in [0.29, 0.717) is 5.02 Å². The maximum atomic E-state index is 12.0. The summed E-state index contributed by atoms with van der Waals surface area (Å²) in [6, 6.07) is 7.46. The Hall–Kier alpha value is -1.06. The maximum Gasteiger partial charge on any atom is 0.258 e. The normalized spacial score (nSPS) is 13.9. The van der Waals surface area contributed by atoms with Gasteiger partial charge in [0.25, 0.3) is 5.91 Å². The molecule has 0 bridgehead atoms. The molecule has 1 amide bonds. The molecule has 0 spiro atoms. The molecule has 0 aromatic heterocycles. The first-order valence-electron chi connectivity index (χ1n) is 4.80. The summed E-state index contributed by atoms with van der Waals surface area (Å²) >= 11 is 9.62. The summed E-state index contributed by atoms with van der Waals surface area (Å²) in [6.07, 6.45) is 0. The third-order valence-electron chi connectivity index (χ3n) is 2.91. The second-order valence-electron chi connectivity index (χ2n) is 3.78. The number of rotatable bonds is 0. The van der Waals surface area contributed by atoms with E-state index in [1.165, 1.54) is 0 Å². The minimum absolute atomic E-state index is 0.0172. The Bertz CT molecular complexity index is 638. The van der Waals surface area contributed by atoms with Crippen LogP contribution in [0.25, 0.3) is 10.8 Å². The second-order valence-corrected chi connectivity index (χ2v) is 5.04. The summed E-state index contributed by atoms with van der Waals surface area (Å²) in [6.45, 7) is 0. The molecule has 3 rings (SSSR count). The molecule has 0 aliphatic carbocycles. The number of nitrogens with zero attached hydrogens (tertiary/aromatic N) is 1. The molecular weight excluding hydrogens is 289 g/mol. The highest BCUT2D eigenvalue weighted by Gasteiger charge is 2.29. The molecule has 0 saturated heterocycles. The molecule has 16 heavy (non-hydrogen) atoms. The molecule has 2 nitrogen and oxygen atoms in total. The van der Waals surface area contributed by atoms with Crippen molar-refractivity contribution >= 4 is 49.9 Å². The fourth-order valence-electron chi connectivity index (χ4n) is 2.17. The van der Waals surface area contributed by atoms with E-state index in [-0.39, 0.29) is 5.91 Å². The molecule has 0 radical (unpaired) electrons. The summed E-state index contributed by atoms with van der Waals surface area (Å²) < 4.78 is 0.853. The van der Waals surface area contributed by atoms with Crippen molar-refractivity contribution < 1.29 is 4.79 Å². The quantitative estimate of drug-likeness (QED) is 0.723. The van der Waals surface area contributed by atoms with Crippen molar-refractivity contribution in [2.45, 2.75) is 0 Å². The fraction of sp³-hybridized carbons (Fsp3) is 0.0833. The average Bonchev–Trinajstić information content (AvgIpc) is 2.51. The second kappa shape index (κ2) is 3.22. The monoisotopic (exact) mass is 295 g/mol. The van der Waals surface area contributed by atoms with Crippen LogP contribution in [0.2, 0.25) is 5.02 Å². The Balaban J connectivity index is 2.59. The van der Waals surface area contributed by atoms with Gasteiger partial charge in [0.2, 0.25) is 0 Å². The van der Waals surface area contributed by atoms with Gasteiger partial charge in [0, 0.05) is 32.9 Å². The average molecular weight is 297 g/mol. The zero-order chi connectivity index (χ0) is 11.4. The van der Waals surface area contributed by atoms with Gasteiger partial charge in [0.1, 0.15) is 0 Å². The summed E-state index contributed by atoms with van der Waals surface area (Å²) in [4.78, 5) is 13.7. The summed E-state index contributed by atoms with van der Waals surface area (Å²) in [5.74, 6) is 0.0172. The fourth-order valence-corrected chi connectivity index (χ4v) is 3.26. The molecule has 0 fully saturated rings. The Labute approximate surface area is 106 Å². The van der Waals surface area contributed by atoms with E-state index in [9.17, 15) is 4.79 Å². The number of amides is 1. The zero-order valence-electron chi connectivity index (χ0n) is 8.42. The third-order valence-corrected chi connectivity index (χ3v) is 3.83. The first-order chi connectivity index (χ1) is 7.61. The van der Waals surface area contributed by atoms with E-state index in [1.807, 2.05) is 24.3 Å². The molecule has 1 aliphatic heterocycles. The smallest absolute Gasteiger partial charge is 0.258 e. The van der Waals surface area contributed by atoms with Crippen LogP contribution in [0.3, 0.4) is 0 Å². The van der Waals surface area contributed by atoms with E-state index in [1.54, 1.807) is 11.9 Å². The van der Waals surface area contributed by atoms with Crippen LogP contribution in [0, 0.1) is 0 Å². The molecule has 80 valence electrons. The molecule has 0 atom stereocenters. The van der Waals surface area contributed by atoms with Crippen molar-refractivity contribution in [3.8, 4) is 0 Å². The topological polar surface area (TPSA) is 20.3 Å². The van der Waals surface area contributed by atoms with Gasteiger partial charge in [-0.1, -0.05) is 23.7 Å². The number of anilines is 1. The van der Waals surface area contributed by atoms with Crippen LogP contribution in [0.1, 0.15) is 10.4 Å². The summed E-state index contributed by atoms with van der Waals surface area (Å²) in [5.41, 5.74) is 1.62. The van der Waals surface area contributed by atoms with E-state index in [0.717, 1.165) is 26.5 Å². The molecule has 4 heteroatoms. The van der Waals surface area contributed by atoms with Crippen molar-refractivity contribution in [2.24, 2.45) is 0 Å². The largest absolute Gasteiger partial charge is 0.310 e. The third kappa shape index (κ3) is 1.10. The molecule has 0 unspecified atom stereocenters.